The van der Waals surface area contributed by atoms with E-state index < -0.39 is 8.32 Å². The van der Waals surface area contributed by atoms with Gasteiger partial charge in [-0.15, -0.1) is 11.8 Å². The Balaban J connectivity index is 1.41. The van der Waals surface area contributed by atoms with Gasteiger partial charge in [-0.2, -0.15) is 0 Å². The number of benzene rings is 7. The lowest BCUT2D eigenvalue weighted by Gasteiger charge is -2.43. The molecule has 0 amide bonds. The van der Waals surface area contributed by atoms with Crippen molar-refractivity contribution in [2.75, 3.05) is 28.4 Å². The second-order valence-electron chi connectivity index (χ2n) is 17.8. The molecule has 0 saturated carbocycles. The fourth-order valence-corrected chi connectivity index (χ4v) is 13.2. The van der Waals surface area contributed by atoms with Gasteiger partial charge in [0, 0.05) is 18.1 Å². The lowest BCUT2D eigenvalue weighted by molar-refractivity contribution is 0.275. The molecule has 0 N–H and O–H groups in total. The molecule has 0 spiro atoms. The molecule has 0 aliphatic rings. The standard InChI is InChI=1S/C60H64O8Si/c1-9-10-11-14-19-48-38-52(65-40-44-24-30-49(61-5)31-25-44)39-55(64-8)58(48)59-56(66-41-45-26-32-50(62-6)33-27-45)36-47(37-57(59)67-42-46-28-34-51(63-7)35-29-46)43-68-69(60(2,3)4,53-20-15-12-16-21-53)54-22-17-13-18-23-54/h12-13,15-18,20-39H,11,14,19,40-43H2,1-8H3. The summed E-state index contributed by atoms with van der Waals surface area (Å²) in [7, 11) is 3.74. The first-order chi connectivity index (χ1) is 33.6. The Labute approximate surface area is 410 Å². The quantitative estimate of drug-likeness (QED) is 0.0378. The number of aryl methyl sites for hydroxylation is 1. The molecule has 0 saturated heterocycles. The third-order valence-electron chi connectivity index (χ3n) is 12.2. The molecular weight excluding hydrogens is 877 g/mol. The zero-order valence-electron chi connectivity index (χ0n) is 41.2. The van der Waals surface area contributed by atoms with E-state index in [4.69, 9.17) is 37.6 Å². The molecule has 0 aliphatic heterocycles. The minimum absolute atomic E-state index is 0.237. The topological polar surface area (TPSA) is 73.8 Å². The van der Waals surface area contributed by atoms with Gasteiger partial charge in [0.05, 0.1) is 40.6 Å². The molecular formula is C60H64O8Si. The molecule has 356 valence electrons. The fourth-order valence-electron chi connectivity index (χ4n) is 8.67. The molecule has 69 heavy (non-hydrogen) atoms. The number of ether oxygens (including phenoxy) is 7. The average molecular weight is 941 g/mol. The van der Waals surface area contributed by atoms with E-state index in [1.807, 2.05) is 85.8 Å². The van der Waals surface area contributed by atoms with Gasteiger partial charge in [0.15, 0.2) is 0 Å². The van der Waals surface area contributed by atoms with Crippen molar-refractivity contribution in [1.29, 1.82) is 0 Å². The molecule has 0 aromatic heterocycles. The monoisotopic (exact) mass is 940 g/mol. The molecule has 0 bridgehead atoms. The van der Waals surface area contributed by atoms with E-state index in [-0.39, 0.29) is 18.3 Å². The van der Waals surface area contributed by atoms with Gasteiger partial charge in [0.2, 0.25) is 0 Å². The van der Waals surface area contributed by atoms with Gasteiger partial charge in [-0.3, -0.25) is 0 Å². The average Bonchev–Trinajstić information content (AvgIpc) is 3.38. The lowest BCUT2D eigenvalue weighted by atomic mass is 9.92. The number of methoxy groups -OCH3 is 4. The third kappa shape index (κ3) is 12.3. The largest absolute Gasteiger partial charge is 0.497 e. The van der Waals surface area contributed by atoms with Crippen LogP contribution in [-0.4, -0.2) is 36.8 Å². The zero-order chi connectivity index (χ0) is 48.6. The van der Waals surface area contributed by atoms with Gasteiger partial charge in [-0.05, 0) is 118 Å². The first-order valence-corrected chi connectivity index (χ1v) is 25.3. The summed E-state index contributed by atoms with van der Waals surface area (Å²) >= 11 is 0. The van der Waals surface area contributed by atoms with Crippen LogP contribution in [-0.2, 0) is 37.3 Å². The Kier molecular flexibility index (Phi) is 17.1. The van der Waals surface area contributed by atoms with Crippen LogP contribution in [0.4, 0.5) is 0 Å². The highest BCUT2D eigenvalue weighted by atomic mass is 28.4. The van der Waals surface area contributed by atoms with Crippen molar-refractivity contribution in [1.82, 2.24) is 0 Å². The van der Waals surface area contributed by atoms with Crippen LogP contribution in [0.3, 0.4) is 0 Å². The first kappa shape index (κ1) is 49.8. The van der Waals surface area contributed by atoms with Crippen LogP contribution >= 0.6 is 0 Å². The van der Waals surface area contributed by atoms with Crippen molar-refractivity contribution in [2.45, 2.75) is 78.4 Å². The van der Waals surface area contributed by atoms with Crippen molar-refractivity contribution >= 4 is 18.7 Å². The van der Waals surface area contributed by atoms with Gasteiger partial charge in [0.25, 0.3) is 8.32 Å². The molecule has 8 nitrogen and oxygen atoms in total. The molecule has 7 rings (SSSR count). The molecule has 0 unspecified atom stereocenters. The fraction of sp³-hybridized carbons (Fsp3) is 0.267. The summed E-state index contributed by atoms with van der Waals surface area (Å²) in [5.74, 6) is 11.2. The summed E-state index contributed by atoms with van der Waals surface area (Å²) in [4.78, 5) is 0. The predicted octanol–water partition coefficient (Wildman–Crippen LogP) is 12.5. The van der Waals surface area contributed by atoms with Crippen molar-refractivity contribution in [3.8, 4) is 63.2 Å². The Hall–Kier alpha value is -7.12. The highest BCUT2D eigenvalue weighted by Gasteiger charge is 2.50. The third-order valence-corrected chi connectivity index (χ3v) is 17.2. The Morgan fingerprint density at radius 2 is 0.913 bits per heavy atom. The van der Waals surface area contributed by atoms with Crippen LogP contribution in [0.15, 0.2) is 158 Å². The maximum absolute atomic E-state index is 7.56. The van der Waals surface area contributed by atoms with Crippen LogP contribution in [0.1, 0.15) is 68.4 Å². The minimum Gasteiger partial charge on any atom is -0.497 e. The Morgan fingerprint density at radius 1 is 0.449 bits per heavy atom. The van der Waals surface area contributed by atoms with Gasteiger partial charge >= 0.3 is 0 Å². The van der Waals surface area contributed by atoms with Crippen molar-refractivity contribution in [3.63, 3.8) is 0 Å². The van der Waals surface area contributed by atoms with E-state index in [0.29, 0.717) is 42.6 Å². The molecule has 0 aliphatic carbocycles. The smallest absolute Gasteiger partial charge is 0.261 e. The molecule has 7 aromatic rings. The molecule has 0 atom stereocenters. The number of hydrogen-bond donors (Lipinski definition) is 0. The summed E-state index contributed by atoms with van der Waals surface area (Å²) in [6.45, 7) is 9.96. The number of rotatable bonds is 22. The second-order valence-corrected chi connectivity index (χ2v) is 22.1. The first-order valence-electron chi connectivity index (χ1n) is 23.4. The van der Waals surface area contributed by atoms with Crippen LogP contribution in [0.2, 0.25) is 5.04 Å². The normalized spacial score (nSPS) is 11.2. The molecule has 0 radical (unpaired) electrons. The van der Waals surface area contributed by atoms with Crippen LogP contribution in [0.25, 0.3) is 11.1 Å². The second kappa shape index (κ2) is 23.7. The van der Waals surface area contributed by atoms with Crippen LogP contribution in [0.5, 0.6) is 40.2 Å². The molecule has 9 heteroatoms. The maximum Gasteiger partial charge on any atom is 0.261 e. The van der Waals surface area contributed by atoms with E-state index >= 15 is 0 Å². The number of hydrogen-bond acceptors (Lipinski definition) is 8. The van der Waals surface area contributed by atoms with Gasteiger partial charge in [-0.1, -0.05) is 118 Å². The summed E-state index contributed by atoms with van der Waals surface area (Å²) in [6.07, 6.45) is 2.23. The van der Waals surface area contributed by atoms with E-state index in [9.17, 15) is 0 Å². The SMILES string of the molecule is CC#CCCCc1cc(OCc2ccc(OC)cc2)cc(OC)c1-c1c(OCc2ccc(OC)cc2)cc(CO[Si](c2ccccc2)(c2ccccc2)C(C)(C)C)cc1OCc1ccc(OC)cc1. The zero-order valence-corrected chi connectivity index (χ0v) is 42.2. The highest BCUT2D eigenvalue weighted by Crippen LogP contribution is 2.49. The Morgan fingerprint density at radius 3 is 1.33 bits per heavy atom. The van der Waals surface area contributed by atoms with Crippen LogP contribution < -0.4 is 43.5 Å². The van der Waals surface area contributed by atoms with Crippen molar-refractivity contribution in [2.24, 2.45) is 0 Å². The van der Waals surface area contributed by atoms with Gasteiger partial charge in [-0.25, -0.2) is 0 Å². The minimum atomic E-state index is -2.95. The summed E-state index contributed by atoms with van der Waals surface area (Å²) < 4.78 is 50.9. The molecule has 0 heterocycles. The number of unbranched alkanes of at least 4 members (excludes halogenated alkanes) is 1. The summed E-state index contributed by atoms with van der Waals surface area (Å²) in [5, 5.41) is 2.16. The van der Waals surface area contributed by atoms with Gasteiger partial charge in [0.1, 0.15) is 60.1 Å². The molecule has 0 fully saturated rings. The van der Waals surface area contributed by atoms with Crippen LogP contribution in [0, 0.1) is 11.8 Å². The van der Waals surface area contributed by atoms with E-state index in [0.717, 1.165) is 69.0 Å². The lowest BCUT2D eigenvalue weighted by Crippen LogP contribution is -2.66. The van der Waals surface area contributed by atoms with E-state index in [1.165, 1.54) is 10.4 Å². The van der Waals surface area contributed by atoms with E-state index in [2.05, 4.69) is 111 Å². The summed E-state index contributed by atoms with van der Waals surface area (Å²) in [5.41, 5.74) is 6.50. The maximum atomic E-state index is 7.56. The Bertz CT molecular complexity index is 2660. The predicted molar refractivity (Wildman–Crippen MR) is 279 cm³/mol. The van der Waals surface area contributed by atoms with E-state index in [1.54, 1.807) is 28.4 Å². The summed E-state index contributed by atoms with van der Waals surface area (Å²) in [6, 6.07) is 53.4. The van der Waals surface area contributed by atoms with Crippen molar-refractivity contribution in [3.05, 3.63) is 186 Å². The molecule has 7 aromatic carbocycles. The van der Waals surface area contributed by atoms with Gasteiger partial charge < -0.3 is 37.6 Å². The highest BCUT2D eigenvalue weighted by molar-refractivity contribution is 6.99. The van der Waals surface area contributed by atoms with Crippen molar-refractivity contribution < 1.29 is 37.6 Å².